The molecule has 128 valence electrons. The Morgan fingerprint density at radius 3 is 2.13 bits per heavy atom. The maximum Gasteiger partial charge on any atom is 0.195 e. The number of methoxy groups -OCH3 is 1. The smallest absolute Gasteiger partial charge is 0.195 e. The van der Waals surface area contributed by atoms with E-state index in [2.05, 4.69) is 26.8 Å². The van der Waals surface area contributed by atoms with Crippen LogP contribution < -0.4 is 4.74 Å². The van der Waals surface area contributed by atoms with Crippen LogP contribution in [0.15, 0.2) is 29.3 Å². The number of aliphatic imine (C=N–C) groups is 1. The molecule has 23 heavy (non-hydrogen) atoms. The third-order valence-electron chi connectivity index (χ3n) is 4.29. The summed E-state index contributed by atoms with van der Waals surface area (Å²) in [6, 6.07) is 8.75. The summed E-state index contributed by atoms with van der Waals surface area (Å²) in [5.41, 5.74) is 1.31. The van der Waals surface area contributed by atoms with Gasteiger partial charge in [-0.15, -0.1) is 0 Å². The van der Waals surface area contributed by atoms with Crippen molar-refractivity contribution in [2.75, 3.05) is 54.9 Å². The molecule has 0 N–H and O–H groups in total. The van der Waals surface area contributed by atoms with E-state index in [4.69, 9.17) is 9.73 Å². The van der Waals surface area contributed by atoms with Gasteiger partial charge in [0.1, 0.15) is 5.75 Å². The normalized spacial score (nSPS) is 16.0. The molecular formula is C18H30N4O. The second-order valence-electron chi connectivity index (χ2n) is 6.46. The van der Waals surface area contributed by atoms with Crippen LogP contribution in [0.4, 0.5) is 0 Å². The predicted octanol–water partition coefficient (Wildman–Crippen LogP) is 2.31. The van der Waals surface area contributed by atoms with Crippen molar-refractivity contribution in [2.24, 2.45) is 4.99 Å². The maximum atomic E-state index is 5.28. The Morgan fingerprint density at radius 1 is 1.09 bits per heavy atom. The minimum absolute atomic E-state index is 0.332. The molecule has 5 heteroatoms. The molecule has 1 atom stereocenters. The summed E-state index contributed by atoms with van der Waals surface area (Å²) in [5.74, 6) is 1.91. The van der Waals surface area contributed by atoms with Crippen molar-refractivity contribution in [3.8, 4) is 5.75 Å². The van der Waals surface area contributed by atoms with Gasteiger partial charge in [0.2, 0.25) is 0 Å². The molecule has 1 aromatic carbocycles. The van der Waals surface area contributed by atoms with E-state index >= 15 is 0 Å². The van der Waals surface area contributed by atoms with Crippen molar-refractivity contribution in [1.29, 1.82) is 0 Å². The van der Waals surface area contributed by atoms with E-state index in [1.54, 1.807) is 7.11 Å². The molecule has 1 saturated heterocycles. The highest BCUT2D eigenvalue weighted by molar-refractivity contribution is 5.79. The van der Waals surface area contributed by atoms with Gasteiger partial charge in [0.05, 0.1) is 19.7 Å². The standard InChI is InChI=1S/C18H30N4O/c1-20(2)18(21(3)4)19-14-17(22-12-6-7-13-22)15-8-10-16(23-5)11-9-15/h8-11,17H,6-7,12-14H2,1-5H3. The Bertz CT molecular complexity index is 494. The van der Waals surface area contributed by atoms with Crippen LogP contribution in [0.25, 0.3) is 0 Å². The van der Waals surface area contributed by atoms with Gasteiger partial charge in [-0.25, -0.2) is 0 Å². The number of hydrogen-bond donors (Lipinski definition) is 0. The first-order valence-corrected chi connectivity index (χ1v) is 8.30. The van der Waals surface area contributed by atoms with Gasteiger partial charge in [0.15, 0.2) is 5.96 Å². The topological polar surface area (TPSA) is 31.3 Å². The van der Waals surface area contributed by atoms with Gasteiger partial charge in [0, 0.05) is 28.2 Å². The molecule has 1 heterocycles. The summed E-state index contributed by atoms with van der Waals surface area (Å²) in [4.78, 5) is 11.6. The van der Waals surface area contributed by atoms with E-state index in [0.29, 0.717) is 6.04 Å². The van der Waals surface area contributed by atoms with Crippen molar-refractivity contribution in [1.82, 2.24) is 14.7 Å². The number of nitrogens with zero attached hydrogens (tertiary/aromatic N) is 4. The fourth-order valence-corrected chi connectivity index (χ4v) is 3.16. The molecule has 1 aliphatic heterocycles. The first kappa shape index (κ1) is 17.6. The Labute approximate surface area is 140 Å². The summed E-state index contributed by atoms with van der Waals surface area (Å²) < 4.78 is 5.28. The quantitative estimate of drug-likeness (QED) is 0.616. The SMILES string of the molecule is COc1ccc(C(CN=C(N(C)C)N(C)C)N2CCCC2)cc1. The predicted molar refractivity (Wildman–Crippen MR) is 96.2 cm³/mol. The zero-order valence-corrected chi connectivity index (χ0v) is 15.1. The average molecular weight is 318 g/mol. The lowest BCUT2D eigenvalue weighted by atomic mass is 10.1. The van der Waals surface area contributed by atoms with Gasteiger partial charge < -0.3 is 14.5 Å². The lowest BCUT2D eigenvalue weighted by Crippen LogP contribution is -2.36. The number of rotatable bonds is 5. The highest BCUT2D eigenvalue weighted by Crippen LogP contribution is 2.27. The number of likely N-dealkylation sites (tertiary alicyclic amines) is 1. The molecule has 1 aromatic rings. The van der Waals surface area contributed by atoms with E-state index in [0.717, 1.165) is 31.3 Å². The molecule has 1 unspecified atom stereocenters. The summed E-state index contributed by atoms with van der Waals surface area (Å²) in [6.45, 7) is 3.09. The van der Waals surface area contributed by atoms with Gasteiger partial charge in [0.25, 0.3) is 0 Å². The minimum atomic E-state index is 0.332. The van der Waals surface area contributed by atoms with Crippen LogP contribution in [0.2, 0.25) is 0 Å². The third-order valence-corrected chi connectivity index (χ3v) is 4.29. The number of ether oxygens (including phenoxy) is 1. The van der Waals surface area contributed by atoms with Gasteiger partial charge in [-0.3, -0.25) is 9.89 Å². The molecule has 2 rings (SSSR count). The van der Waals surface area contributed by atoms with Crippen molar-refractivity contribution in [3.05, 3.63) is 29.8 Å². The van der Waals surface area contributed by atoms with Crippen LogP contribution in [0, 0.1) is 0 Å². The Kier molecular flexibility index (Phi) is 6.28. The third kappa shape index (κ3) is 4.61. The van der Waals surface area contributed by atoms with Gasteiger partial charge in [-0.2, -0.15) is 0 Å². The van der Waals surface area contributed by atoms with Crippen molar-refractivity contribution < 1.29 is 4.74 Å². The first-order chi connectivity index (χ1) is 11.0. The van der Waals surface area contributed by atoms with Crippen molar-refractivity contribution in [3.63, 3.8) is 0 Å². The monoisotopic (exact) mass is 318 g/mol. The fraction of sp³-hybridized carbons (Fsp3) is 0.611. The van der Waals surface area contributed by atoms with Crippen LogP contribution in [0.3, 0.4) is 0 Å². The Balaban J connectivity index is 2.21. The summed E-state index contributed by atoms with van der Waals surface area (Å²) in [6.07, 6.45) is 2.56. The fourth-order valence-electron chi connectivity index (χ4n) is 3.16. The van der Waals surface area contributed by atoms with E-state index in [-0.39, 0.29) is 0 Å². The molecule has 0 aliphatic carbocycles. The average Bonchev–Trinajstić information content (AvgIpc) is 3.05. The maximum absolute atomic E-state index is 5.28. The lowest BCUT2D eigenvalue weighted by molar-refractivity contribution is 0.250. The number of hydrogen-bond acceptors (Lipinski definition) is 3. The molecule has 0 amide bonds. The molecule has 0 bridgehead atoms. The lowest BCUT2D eigenvalue weighted by Gasteiger charge is -2.28. The van der Waals surface area contributed by atoms with E-state index < -0.39 is 0 Å². The molecule has 0 saturated carbocycles. The highest BCUT2D eigenvalue weighted by Gasteiger charge is 2.23. The molecule has 5 nitrogen and oxygen atoms in total. The molecular weight excluding hydrogens is 288 g/mol. The Hall–Kier alpha value is -1.75. The number of benzene rings is 1. The second kappa shape index (κ2) is 8.20. The number of guanidine groups is 1. The van der Waals surface area contributed by atoms with E-state index in [1.807, 2.05) is 40.3 Å². The molecule has 0 radical (unpaired) electrons. The highest BCUT2D eigenvalue weighted by atomic mass is 16.5. The van der Waals surface area contributed by atoms with Gasteiger partial charge in [-0.05, 0) is 43.6 Å². The van der Waals surface area contributed by atoms with E-state index in [9.17, 15) is 0 Å². The van der Waals surface area contributed by atoms with Crippen LogP contribution in [-0.4, -0.2) is 75.6 Å². The van der Waals surface area contributed by atoms with Crippen LogP contribution in [0.1, 0.15) is 24.4 Å². The molecule has 1 aliphatic rings. The first-order valence-electron chi connectivity index (χ1n) is 8.30. The molecule has 0 spiro atoms. The largest absolute Gasteiger partial charge is 0.497 e. The van der Waals surface area contributed by atoms with Gasteiger partial charge >= 0.3 is 0 Å². The zero-order valence-electron chi connectivity index (χ0n) is 15.1. The van der Waals surface area contributed by atoms with Crippen LogP contribution in [0.5, 0.6) is 5.75 Å². The van der Waals surface area contributed by atoms with Crippen molar-refractivity contribution in [2.45, 2.75) is 18.9 Å². The van der Waals surface area contributed by atoms with Crippen LogP contribution in [-0.2, 0) is 0 Å². The summed E-state index contributed by atoms with van der Waals surface area (Å²) in [5, 5.41) is 0. The Morgan fingerprint density at radius 2 is 1.65 bits per heavy atom. The summed E-state index contributed by atoms with van der Waals surface area (Å²) >= 11 is 0. The second-order valence-corrected chi connectivity index (χ2v) is 6.46. The van der Waals surface area contributed by atoms with Gasteiger partial charge in [-0.1, -0.05) is 12.1 Å². The minimum Gasteiger partial charge on any atom is -0.497 e. The summed E-state index contributed by atoms with van der Waals surface area (Å²) in [7, 11) is 9.86. The molecule has 0 aromatic heterocycles. The zero-order chi connectivity index (χ0) is 16.8. The van der Waals surface area contributed by atoms with Crippen molar-refractivity contribution >= 4 is 5.96 Å². The van der Waals surface area contributed by atoms with E-state index in [1.165, 1.54) is 18.4 Å². The van der Waals surface area contributed by atoms with Crippen LogP contribution >= 0.6 is 0 Å². The molecule has 1 fully saturated rings.